The van der Waals surface area contributed by atoms with Gasteiger partial charge in [-0.25, -0.2) is 9.18 Å². The van der Waals surface area contributed by atoms with Gasteiger partial charge in [0.1, 0.15) is 5.82 Å². The van der Waals surface area contributed by atoms with E-state index < -0.39 is 6.04 Å². The van der Waals surface area contributed by atoms with Crippen LogP contribution >= 0.6 is 0 Å². The quantitative estimate of drug-likeness (QED) is 0.922. The highest BCUT2D eigenvalue weighted by Gasteiger charge is 2.42. The van der Waals surface area contributed by atoms with E-state index in [1.54, 1.807) is 24.1 Å². The molecular formula is C18H22FN3O2. The van der Waals surface area contributed by atoms with Crippen LogP contribution in [-0.2, 0) is 4.79 Å². The maximum Gasteiger partial charge on any atom is 0.322 e. The molecule has 0 saturated carbocycles. The molecule has 3 amide bonds. The third kappa shape index (κ3) is 2.88. The number of nitrogens with zero attached hydrogens (tertiary/aromatic N) is 2. The van der Waals surface area contributed by atoms with Gasteiger partial charge in [0, 0.05) is 13.6 Å². The highest BCUT2D eigenvalue weighted by atomic mass is 19.1. The van der Waals surface area contributed by atoms with E-state index in [4.69, 9.17) is 0 Å². The fourth-order valence-corrected chi connectivity index (χ4v) is 3.12. The number of hydrogen-bond acceptors (Lipinski definition) is 2. The molecule has 24 heavy (non-hydrogen) atoms. The first-order chi connectivity index (χ1) is 11.4. The first-order valence-corrected chi connectivity index (χ1v) is 8.20. The summed E-state index contributed by atoms with van der Waals surface area (Å²) in [5.41, 5.74) is 2.04. The summed E-state index contributed by atoms with van der Waals surface area (Å²) < 4.78 is 13.2. The third-order valence-electron chi connectivity index (χ3n) is 4.61. The molecule has 0 bridgehead atoms. The minimum absolute atomic E-state index is 0.0492. The van der Waals surface area contributed by atoms with Crippen LogP contribution < -0.4 is 5.32 Å². The van der Waals surface area contributed by atoms with E-state index >= 15 is 0 Å². The number of nitrogens with one attached hydrogen (secondary N) is 1. The molecule has 6 heteroatoms. The number of likely N-dealkylation sites (N-methyl/N-ethyl adjacent to an activating group) is 1. The summed E-state index contributed by atoms with van der Waals surface area (Å²) >= 11 is 0. The molecule has 0 aromatic heterocycles. The van der Waals surface area contributed by atoms with Crippen LogP contribution in [0.3, 0.4) is 0 Å². The van der Waals surface area contributed by atoms with Crippen molar-refractivity contribution in [3.63, 3.8) is 0 Å². The molecule has 2 aliphatic rings. The van der Waals surface area contributed by atoms with Crippen molar-refractivity contribution in [1.82, 2.24) is 15.1 Å². The number of carbonyl (C=O) groups excluding carboxylic acids is 2. The van der Waals surface area contributed by atoms with Crippen molar-refractivity contribution in [2.45, 2.75) is 26.3 Å². The largest absolute Gasteiger partial charge is 0.333 e. The molecule has 128 valence electrons. The Morgan fingerprint density at radius 2 is 1.92 bits per heavy atom. The fraction of sp³-hybridized carbons (Fsp3) is 0.444. The molecule has 2 aliphatic heterocycles. The van der Waals surface area contributed by atoms with Gasteiger partial charge in [0.25, 0.3) is 5.91 Å². The molecule has 0 spiro atoms. The maximum absolute atomic E-state index is 13.2. The molecule has 1 aromatic rings. The first kappa shape index (κ1) is 16.5. The van der Waals surface area contributed by atoms with Crippen molar-refractivity contribution in [2.24, 2.45) is 5.92 Å². The zero-order valence-electron chi connectivity index (χ0n) is 14.2. The Balaban J connectivity index is 1.92. The molecule has 1 unspecified atom stereocenters. The number of hydrogen-bond donors (Lipinski definition) is 1. The Morgan fingerprint density at radius 3 is 2.54 bits per heavy atom. The minimum Gasteiger partial charge on any atom is -0.333 e. The van der Waals surface area contributed by atoms with Crippen LogP contribution in [0.15, 0.2) is 35.5 Å². The number of urea groups is 1. The summed E-state index contributed by atoms with van der Waals surface area (Å²) in [6, 6.07) is 5.13. The van der Waals surface area contributed by atoms with E-state index in [2.05, 4.69) is 19.2 Å². The van der Waals surface area contributed by atoms with E-state index in [0.717, 1.165) is 12.1 Å². The molecule has 1 atom stereocenters. The van der Waals surface area contributed by atoms with Crippen molar-refractivity contribution in [2.75, 3.05) is 20.1 Å². The van der Waals surface area contributed by atoms with E-state index in [0.29, 0.717) is 30.1 Å². The third-order valence-corrected chi connectivity index (χ3v) is 4.61. The van der Waals surface area contributed by atoms with Crippen molar-refractivity contribution < 1.29 is 14.0 Å². The van der Waals surface area contributed by atoms with Gasteiger partial charge in [-0.15, -0.1) is 0 Å². The standard InChI is InChI=1S/C18H22FN3O2/c1-11(2)8-9-22-10-14-15(17(22)23)16(20-18(24)21(14)3)12-4-6-13(19)7-5-12/h4-7,11,16H,8-10H2,1-3H3,(H,20,24). The van der Waals surface area contributed by atoms with Crippen molar-refractivity contribution in [1.29, 1.82) is 0 Å². The van der Waals surface area contributed by atoms with Crippen molar-refractivity contribution in [3.8, 4) is 0 Å². The molecule has 3 rings (SSSR count). The van der Waals surface area contributed by atoms with Crippen LogP contribution in [0.25, 0.3) is 0 Å². The van der Waals surface area contributed by atoms with Gasteiger partial charge in [-0.3, -0.25) is 9.69 Å². The highest BCUT2D eigenvalue weighted by molar-refractivity contribution is 6.01. The van der Waals surface area contributed by atoms with Crippen molar-refractivity contribution in [3.05, 3.63) is 46.9 Å². The second-order valence-electron chi connectivity index (χ2n) is 6.76. The zero-order chi connectivity index (χ0) is 17.4. The molecule has 1 N–H and O–H groups in total. The Bertz CT molecular complexity index is 697. The molecule has 0 aliphatic carbocycles. The predicted molar refractivity (Wildman–Crippen MR) is 88.5 cm³/mol. The van der Waals surface area contributed by atoms with E-state index in [-0.39, 0.29) is 17.8 Å². The molecule has 1 aromatic carbocycles. The summed E-state index contributed by atoms with van der Waals surface area (Å²) in [6.07, 6.45) is 0.915. The monoisotopic (exact) mass is 331 g/mol. The Morgan fingerprint density at radius 1 is 1.25 bits per heavy atom. The maximum atomic E-state index is 13.2. The van der Waals surface area contributed by atoms with Gasteiger partial charge in [0.15, 0.2) is 0 Å². The van der Waals surface area contributed by atoms with E-state index in [1.807, 2.05) is 0 Å². The van der Waals surface area contributed by atoms with Gasteiger partial charge < -0.3 is 10.2 Å². The minimum atomic E-state index is -0.527. The number of amides is 3. The lowest BCUT2D eigenvalue weighted by molar-refractivity contribution is -0.125. The van der Waals surface area contributed by atoms with Crippen LogP contribution in [-0.4, -0.2) is 41.9 Å². The molecule has 0 radical (unpaired) electrons. The lowest BCUT2D eigenvalue weighted by atomic mass is 9.96. The number of rotatable bonds is 4. The van der Waals surface area contributed by atoms with Crippen LogP contribution in [0, 0.1) is 11.7 Å². The van der Waals surface area contributed by atoms with Gasteiger partial charge in [-0.2, -0.15) is 0 Å². The highest BCUT2D eigenvalue weighted by Crippen LogP contribution is 2.35. The number of carbonyl (C=O) groups is 2. The predicted octanol–water partition coefficient (Wildman–Crippen LogP) is 2.66. The van der Waals surface area contributed by atoms with Gasteiger partial charge in [-0.05, 0) is 30.0 Å². The number of benzene rings is 1. The fourth-order valence-electron chi connectivity index (χ4n) is 3.12. The SMILES string of the molecule is CC(C)CCN1CC2=C(C1=O)C(c1ccc(F)cc1)NC(=O)N2C. The lowest BCUT2D eigenvalue weighted by Gasteiger charge is -2.31. The average Bonchev–Trinajstić information content (AvgIpc) is 2.87. The van der Waals surface area contributed by atoms with Crippen LogP contribution in [0.2, 0.25) is 0 Å². The summed E-state index contributed by atoms with van der Waals surface area (Å²) in [6.45, 7) is 5.35. The van der Waals surface area contributed by atoms with E-state index in [9.17, 15) is 14.0 Å². The summed E-state index contributed by atoms with van der Waals surface area (Å²) in [4.78, 5) is 28.4. The second kappa shape index (κ2) is 6.26. The molecular weight excluding hydrogens is 309 g/mol. The second-order valence-corrected chi connectivity index (χ2v) is 6.76. The topological polar surface area (TPSA) is 52.7 Å². The Kier molecular flexibility index (Phi) is 4.30. The summed E-state index contributed by atoms with van der Waals surface area (Å²) in [5.74, 6) is 0.108. The Labute approximate surface area is 141 Å². The smallest absolute Gasteiger partial charge is 0.322 e. The zero-order valence-corrected chi connectivity index (χ0v) is 14.2. The van der Waals surface area contributed by atoms with Gasteiger partial charge in [-0.1, -0.05) is 26.0 Å². The van der Waals surface area contributed by atoms with Crippen LogP contribution in [0.5, 0.6) is 0 Å². The van der Waals surface area contributed by atoms with Gasteiger partial charge in [0.05, 0.1) is 23.9 Å². The van der Waals surface area contributed by atoms with Gasteiger partial charge in [0.2, 0.25) is 0 Å². The summed E-state index contributed by atoms with van der Waals surface area (Å²) in [5, 5.41) is 2.85. The van der Waals surface area contributed by atoms with Gasteiger partial charge >= 0.3 is 6.03 Å². The molecule has 0 saturated heterocycles. The number of halogens is 1. The average molecular weight is 331 g/mol. The Hall–Kier alpha value is -2.37. The summed E-state index contributed by atoms with van der Waals surface area (Å²) in [7, 11) is 1.67. The lowest BCUT2D eigenvalue weighted by Crippen LogP contribution is -2.45. The molecule has 0 fully saturated rings. The normalized spacial score (nSPS) is 20.8. The van der Waals surface area contributed by atoms with E-state index in [1.165, 1.54) is 17.0 Å². The first-order valence-electron chi connectivity index (χ1n) is 8.20. The van der Waals surface area contributed by atoms with Crippen LogP contribution in [0.4, 0.5) is 9.18 Å². The van der Waals surface area contributed by atoms with Crippen LogP contribution in [0.1, 0.15) is 31.9 Å². The molecule has 2 heterocycles. The van der Waals surface area contributed by atoms with Crippen molar-refractivity contribution >= 4 is 11.9 Å². The molecule has 5 nitrogen and oxygen atoms in total.